The molecule has 0 heterocycles. The number of aliphatic carboxylic acids is 2. The number of carbonyl (C=O) groups is 2. The van der Waals surface area contributed by atoms with Gasteiger partial charge in [0.1, 0.15) is 12.4 Å². The Hall–Kier alpha value is -2.60. The third-order valence-electron chi connectivity index (χ3n) is 3.32. The van der Waals surface area contributed by atoms with E-state index in [9.17, 15) is 0 Å². The number of hydrogen-bond donors (Lipinski definition) is 2. The predicted molar refractivity (Wildman–Crippen MR) is 103 cm³/mol. The molecule has 0 radical (unpaired) electrons. The summed E-state index contributed by atoms with van der Waals surface area (Å²) < 4.78 is 5.98. The molecule has 26 heavy (non-hydrogen) atoms. The van der Waals surface area contributed by atoms with Crippen LogP contribution in [-0.4, -0.2) is 53.3 Å². The molecule has 1 aromatic carbocycles. The maximum absolute atomic E-state index is 9.10. The minimum Gasteiger partial charge on any atom is -0.492 e. The standard InChI is InChI=1S/C18H27NO.C2H2O4/c1-6-12-19(13-7-2)14-15-20-17-11-9-8-10-16(17)18(3,4)5;3-1(4)2(5)6/h6-11H,1-2,12-15H2,3-5H3;(H,3,4)(H,5,6). The SMILES string of the molecule is C=CCN(CC=C)CCOc1ccccc1C(C)(C)C.O=C(O)C(=O)O. The van der Waals surface area contributed by atoms with Gasteiger partial charge >= 0.3 is 11.9 Å². The van der Waals surface area contributed by atoms with Crippen LogP contribution in [0.2, 0.25) is 0 Å². The van der Waals surface area contributed by atoms with Crippen molar-refractivity contribution in [3.63, 3.8) is 0 Å². The van der Waals surface area contributed by atoms with Crippen LogP contribution in [0.4, 0.5) is 0 Å². The van der Waals surface area contributed by atoms with Gasteiger partial charge < -0.3 is 14.9 Å². The van der Waals surface area contributed by atoms with Gasteiger partial charge in [-0.15, -0.1) is 13.2 Å². The molecule has 6 nitrogen and oxygen atoms in total. The lowest BCUT2D eigenvalue weighted by Crippen LogP contribution is -2.29. The summed E-state index contributed by atoms with van der Waals surface area (Å²) in [5.41, 5.74) is 1.34. The molecule has 0 amide bonds. The Morgan fingerprint density at radius 3 is 2.00 bits per heavy atom. The summed E-state index contributed by atoms with van der Waals surface area (Å²) in [6.07, 6.45) is 3.82. The van der Waals surface area contributed by atoms with Crippen molar-refractivity contribution in [1.82, 2.24) is 4.90 Å². The highest BCUT2D eigenvalue weighted by Gasteiger charge is 2.18. The van der Waals surface area contributed by atoms with Gasteiger partial charge in [-0.25, -0.2) is 9.59 Å². The molecule has 0 aliphatic heterocycles. The summed E-state index contributed by atoms with van der Waals surface area (Å²) in [4.78, 5) is 20.4. The van der Waals surface area contributed by atoms with E-state index in [-0.39, 0.29) is 5.41 Å². The van der Waals surface area contributed by atoms with Crippen LogP contribution >= 0.6 is 0 Å². The van der Waals surface area contributed by atoms with Gasteiger partial charge in [-0.1, -0.05) is 51.1 Å². The minimum absolute atomic E-state index is 0.0957. The van der Waals surface area contributed by atoms with Crippen molar-refractivity contribution in [3.8, 4) is 5.75 Å². The van der Waals surface area contributed by atoms with Crippen molar-refractivity contribution < 1.29 is 24.5 Å². The fourth-order valence-corrected chi connectivity index (χ4v) is 2.12. The van der Waals surface area contributed by atoms with Crippen molar-refractivity contribution in [2.75, 3.05) is 26.2 Å². The lowest BCUT2D eigenvalue weighted by molar-refractivity contribution is -0.159. The fourth-order valence-electron chi connectivity index (χ4n) is 2.12. The van der Waals surface area contributed by atoms with Crippen LogP contribution in [0, 0.1) is 0 Å². The maximum atomic E-state index is 9.10. The highest BCUT2D eigenvalue weighted by molar-refractivity contribution is 6.27. The number of carboxylic acids is 2. The van der Waals surface area contributed by atoms with E-state index in [1.165, 1.54) is 5.56 Å². The molecule has 0 saturated heterocycles. The van der Waals surface area contributed by atoms with Crippen molar-refractivity contribution in [1.29, 1.82) is 0 Å². The fraction of sp³-hybridized carbons (Fsp3) is 0.400. The van der Waals surface area contributed by atoms with E-state index < -0.39 is 11.9 Å². The molecule has 0 fully saturated rings. The molecule has 1 aromatic rings. The van der Waals surface area contributed by atoms with E-state index in [1.807, 2.05) is 24.3 Å². The van der Waals surface area contributed by atoms with Gasteiger partial charge in [0.05, 0.1) is 0 Å². The largest absolute Gasteiger partial charge is 0.492 e. The molecule has 6 heteroatoms. The van der Waals surface area contributed by atoms with Crippen LogP contribution < -0.4 is 4.74 Å². The highest BCUT2D eigenvalue weighted by Crippen LogP contribution is 2.30. The quantitative estimate of drug-likeness (QED) is 0.545. The molecule has 0 bridgehead atoms. The Morgan fingerprint density at radius 2 is 1.58 bits per heavy atom. The van der Waals surface area contributed by atoms with Crippen molar-refractivity contribution in [2.24, 2.45) is 0 Å². The summed E-state index contributed by atoms with van der Waals surface area (Å²) in [6.45, 7) is 17.4. The average Bonchev–Trinajstić information content (AvgIpc) is 2.55. The number of benzene rings is 1. The molecule has 0 unspecified atom stereocenters. The number of nitrogens with zero attached hydrogens (tertiary/aromatic N) is 1. The smallest absolute Gasteiger partial charge is 0.414 e. The Balaban J connectivity index is 0.000000896. The van der Waals surface area contributed by atoms with Gasteiger partial charge in [-0.3, -0.25) is 4.90 Å². The number of hydrogen-bond acceptors (Lipinski definition) is 4. The van der Waals surface area contributed by atoms with Crippen LogP contribution in [-0.2, 0) is 15.0 Å². The Labute approximate surface area is 155 Å². The summed E-state index contributed by atoms with van der Waals surface area (Å²) in [5, 5.41) is 14.8. The van der Waals surface area contributed by atoms with Gasteiger partial charge in [0.2, 0.25) is 0 Å². The van der Waals surface area contributed by atoms with Gasteiger partial charge in [-0.05, 0) is 17.0 Å². The normalized spacial score (nSPS) is 10.5. The monoisotopic (exact) mass is 363 g/mol. The summed E-state index contributed by atoms with van der Waals surface area (Å²) in [5.74, 6) is -2.66. The second kappa shape index (κ2) is 11.9. The first-order valence-electron chi connectivity index (χ1n) is 8.26. The van der Waals surface area contributed by atoms with Gasteiger partial charge in [0.15, 0.2) is 0 Å². The lowest BCUT2D eigenvalue weighted by Gasteiger charge is -2.24. The molecule has 0 atom stereocenters. The van der Waals surface area contributed by atoms with E-state index in [0.717, 1.165) is 25.4 Å². The van der Waals surface area contributed by atoms with E-state index in [4.69, 9.17) is 24.5 Å². The number of rotatable bonds is 8. The summed E-state index contributed by atoms with van der Waals surface area (Å²) in [7, 11) is 0. The highest BCUT2D eigenvalue weighted by atomic mass is 16.5. The number of carboxylic acid groups (broad SMARTS) is 2. The molecule has 1 rings (SSSR count). The molecule has 0 aliphatic carbocycles. The maximum Gasteiger partial charge on any atom is 0.414 e. The third-order valence-corrected chi connectivity index (χ3v) is 3.32. The first-order chi connectivity index (χ1) is 12.1. The minimum atomic E-state index is -1.82. The van der Waals surface area contributed by atoms with Gasteiger partial charge in [0, 0.05) is 19.6 Å². The zero-order chi connectivity index (χ0) is 20.2. The molecule has 0 spiro atoms. The Bertz CT molecular complexity index is 582. The van der Waals surface area contributed by atoms with Gasteiger partial charge in [-0.2, -0.15) is 0 Å². The molecule has 144 valence electrons. The molecule has 0 aromatic heterocycles. The van der Waals surface area contributed by atoms with E-state index in [2.05, 4.69) is 51.0 Å². The molecule has 2 N–H and O–H groups in total. The first-order valence-corrected chi connectivity index (χ1v) is 8.26. The predicted octanol–water partition coefficient (Wildman–Crippen LogP) is 3.19. The third kappa shape index (κ3) is 9.64. The lowest BCUT2D eigenvalue weighted by atomic mass is 9.86. The summed E-state index contributed by atoms with van der Waals surface area (Å²) >= 11 is 0. The molecule has 0 aliphatic rings. The van der Waals surface area contributed by atoms with Crippen LogP contribution in [0.25, 0.3) is 0 Å². The van der Waals surface area contributed by atoms with E-state index in [1.54, 1.807) is 0 Å². The van der Waals surface area contributed by atoms with Crippen molar-refractivity contribution in [2.45, 2.75) is 26.2 Å². The van der Waals surface area contributed by atoms with E-state index in [0.29, 0.717) is 6.61 Å². The van der Waals surface area contributed by atoms with Crippen molar-refractivity contribution >= 4 is 11.9 Å². The average molecular weight is 363 g/mol. The zero-order valence-electron chi connectivity index (χ0n) is 15.8. The zero-order valence-corrected chi connectivity index (χ0v) is 15.8. The van der Waals surface area contributed by atoms with Crippen LogP contribution in [0.15, 0.2) is 49.6 Å². The topological polar surface area (TPSA) is 87.1 Å². The van der Waals surface area contributed by atoms with E-state index >= 15 is 0 Å². The Kier molecular flexibility index (Phi) is 10.7. The molecule has 0 saturated carbocycles. The van der Waals surface area contributed by atoms with Crippen LogP contribution in [0.5, 0.6) is 5.75 Å². The second-order valence-electron chi connectivity index (χ2n) is 6.54. The number of para-hydroxylation sites is 1. The van der Waals surface area contributed by atoms with Crippen molar-refractivity contribution in [3.05, 3.63) is 55.1 Å². The Morgan fingerprint density at radius 1 is 1.08 bits per heavy atom. The number of ether oxygens (including phenoxy) is 1. The molecular formula is C20H29NO5. The molecular weight excluding hydrogens is 334 g/mol. The second-order valence-corrected chi connectivity index (χ2v) is 6.54. The first kappa shape index (κ1) is 23.4. The van der Waals surface area contributed by atoms with Gasteiger partial charge in [0.25, 0.3) is 0 Å². The van der Waals surface area contributed by atoms with Crippen LogP contribution in [0.1, 0.15) is 26.3 Å². The van der Waals surface area contributed by atoms with Crippen LogP contribution in [0.3, 0.4) is 0 Å². The summed E-state index contributed by atoms with van der Waals surface area (Å²) in [6, 6.07) is 8.28.